The molecule has 164 valence electrons. The summed E-state index contributed by atoms with van der Waals surface area (Å²) in [5.74, 6) is -0.773. The van der Waals surface area contributed by atoms with Crippen LogP contribution >= 0.6 is 15.9 Å². The fourth-order valence-electron chi connectivity index (χ4n) is 3.46. The van der Waals surface area contributed by atoms with Crippen molar-refractivity contribution in [2.75, 3.05) is 26.4 Å². The molecule has 3 rings (SSSR count). The normalized spacial score (nSPS) is 17.2. The highest BCUT2D eigenvalue weighted by Gasteiger charge is 2.39. The molecule has 30 heavy (non-hydrogen) atoms. The predicted molar refractivity (Wildman–Crippen MR) is 106 cm³/mol. The van der Waals surface area contributed by atoms with Gasteiger partial charge in [-0.15, -0.1) is 0 Å². The first-order valence-corrected chi connectivity index (χ1v) is 10.4. The minimum absolute atomic E-state index is 0.0163. The lowest BCUT2D eigenvalue weighted by atomic mass is 9.92. The van der Waals surface area contributed by atoms with Gasteiger partial charge in [-0.05, 0) is 40.9 Å². The lowest BCUT2D eigenvalue weighted by Crippen LogP contribution is -2.32. The molecular formula is C20H22BrF3N2O4. The minimum Gasteiger partial charge on any atom is -0.462 e. The van der Waals surface area contributed by atoms with Crippen LogP contribution in [0.3, 0.4) is 0 Å². The molecule has 0 spiro atoms. The zero-order chi connectivity index (χ0) is 21.9. The number of benzene rings is 1. The number of esters is 1. The van der Waals surface area contributed by atoms with Crippen molar-refractivity contribution >= 4 is 21.9 Å². The molecule has 2 aromatic rings. The van der Waals surface area contributed by atoms with Crippen LogP contribution in [0.25, 0.3) is 11.3 Å². The molecule has 0 radical (unpaired) electrons. The van der Waals surface area contributed by atoms with Crippen molar-refractivity contribution < 1.29 is 32.2 Å². The largest absolute Gasteiger partial charge is 0.462 e. The molecule has 10 heteroatoms. The number of nitrogens with zero attached hydrogens (tertiary/aromatic N) is 2. The maximum Gasteiger partial charge on any atom is 0.417 e. The van der Waals surface area contributed by atoms with Gasteiger partial charge in [-0.25, -0.2) is 4.79 Å². The molecule has 0 aliphatic carbocycles. The molecule has 1 fully saturated rings. The Morgan fingerprint density at radius 2 is 2.10 bits per heavy atom. The van der Waals surface area contributed by atoms with E-state index in [9.17, 15) is 18.0 Å². The molecule has 2 heterocycles. The molecule has 1 aromatic carbocycles. The zero-order valence-corrected chi connectivity index (χ0v) is 18.2. The van der Waals surface area contributed by atoms with Crippen LogP contribution in [0.4, 0.5) is 13.2 Å². The Morgan fingerprint density at radius 1 is 1.33 bits per heavy atom. The van der Waals surface area contributed by atoms with E-state index >= 15 is 0 Å². The summed E-state index contributed by atoms with van der Waals surface area (Å²) in [6.45, 7) is 4.99. The van der Waals surface area contributed by atoms with Crippen LogP contribution in [-0.4, -0.2) is 48.3 Å². The van der Waals surface area contributed by atoms with Gasteiger partial charge in [0.25, 0.3) is 0 Å². The van der Waals surface area contributed by atoms with Crippen molar-refractivity contribution in [2.45, 2.75) is 39.1 Å². The highest BCUT2D eigenvalue weighted by atomic mass is 79.9. The number of hydrogen-bond acceptors (Lipinski definition) is 5. The maximum absolute atomic E-state index is 14.1. The van der Waals surface area contributed by atoms with Gasteiger partial charge in [0, 0.05) is 11.8 Å². The number of rotatable bonds is 6. The Hall–Kier alpha value is -1.91. The topological polar surface area (TPSA) is 62.6 Å². The molecule has 0 unspecified atom stereocenters. The third kappa shape index (κ3) is 4.87. The fourth-order valence-corrected chi connectivity index (χ4v) is 3.99. The van der Waals surface area contributed by atoms with Crippen LogP contribution in [0, 0.1) is 0 Å². The maximum atomic E-state index is 14.1. The van der Waals surface area contributed by atoms with Gasteiger partial charge in [-0.3, -0.25) is 4.68 Å². The zero-order valence-electron chi connectivity index (χ0n) is 16.6. The Labute approximate surface area is 180 Å². The summed E-state index contributed by atoms with van der Waals surface area (Å²) in [6.07, 6.45) is -3.27. The molecule has 6 nitrogen and oxygen atoms in total. The van der Waals surface area contributed by atoms with Gasteiger partial charge in [0.2, 0.25) is 0 Å². The standard InChI is InChI=1S/C20H22BrF3N2O4/c1-3-13-14(19(27)29-4-2)5-6-15(17(13)20(22,23)24)18-16(21)10-26(25-18)9-12-11-28-7-8-30-12/h5-6,10,12H,3-4,7-9,11H2,1-2H3/t12-/m0/s1. The SMILES string of the molecule is CCOC(=O)c1ccc(-c2nn(C[C@H]3COCCO3)cc2Br)c(C(F)(F)F)c1CC. The van der Waals surface area contributed by atoms with E-state index in [2.05, 4.69) is 21.0 Å². The van der Waals surface area contributed by atoms with Crippen molar-refractivity contribution in [2.24, 2.45) is 0 Å². The van der Waals surface area contributed by atoms with Gasteiger partial charge in [-0.1, -0.05) is 13.0 Å². The summed E-state index contributed by atoms with van der Waals surface area (Å²) in [7, 11) is 0. The molecule has 0 saturated carbocycles. The van der Waals surface area contributed by atoms with Gasteiger partial charge in [-0.2, -0.15) is 18.3 Å². The number of carbonyl (C=O) groups is 1. The lowest BCUT2D eigenvalue weighted by Gasteiger charge is -2.22. The van der Waals surface area contributed by atoms with Crippen LogP contribution in [0.5, 0.6) is 0 Å². The van der Waals surface area contributed by atoms with Gasteiger partial charge in [0.05, 0.1) is 48.6 Å². The first kappa shape index (κ1) is 22.8. The Morgan fingerprint density at radius 3 is 2.70 bits per heavy atom. The summed E-state index contributed by atoms with van der Waals surface area (Å²) in [5, 5.41) is 4.35. The number of halogens is 4. The summed E-state index contributed by atoms with van der Waals surface area (Å²) in [4.78, 5) is 12.2. The van der Waals surface area contributed by atoms with Crippen molar-refractivity contribution in [1.29, 1.82) is 0 Å². The minimum atomic E-state index is -4.67. The molecule has 1 saturated heterocycles. The second-order valence-electron chi connectivity index (χ2n) is 6.70. The highest BCUT2D eigenvalue weighted by molar-refractivity contribution is 9.10. The van der Waals surface area contributed by atoms with E-state index in [4.69, 9.17) is 14.2 Å². The first-order chi connectivity index (χ1) is 14.3. The van der Waals surface area contributed by atoms with E-state index in [0.29, 0.717) is 30.8 Å². The first-order valence-electron chi connectivity index (χ1n) is 9.59. The molecule has 1 atom stereocenters. The van der Waals surface area contributed by atoms with E-state index < -0.39 is 17.7 Å². The number of ether oxygens (including phenoxy) is 3. The van der Waals surface area contributed by atoms with E-state index in [1.165, 1.54) is 16.8 Å². The highest BCUT2D eigenvalue weighted by Crippen LogP contribution is 2.42. The third-order valence-electron chi connectivity index (χ3n) is 4.69. The molecule has 1 aliphatic heterocycles. The van der Waals surface area contributed by atoms with Crippen molar-refractivity contribution in [3.8, 4) is 11.3 Å². The Kier molecular flexibility index (Phi) is 7.20. The average molecular weight is 491 g/mol. The summed E-state index contributed by atoms with van der Waals surface area (Å²) in [5.41, 5.74) is -1.02. The van der Waals surface area contributed by atoms with Crippen LogP contribution in [0.15, 0.2) is 22.8 Å². The smallest absolute Gasteiger partial charge is 0.417 e. The fraction of sp³-hybridized carbons (Fsp3) is 0.500. The van der Waals surface area contributed by atoms with E-state index in [1.807, 2.05) is 0 Å². The summed E-state index contributed by atoms with van der Waals surface area (Å²) < 4.78 is 60.1. The summed E-state index contributed by atoms with van der Waals surface area (Å²) >= 11 is 3.32. The Bertz CT molecular complexity index is 908. The Balaban J connectivity index is 2.06. The number of carbonyl (C=O) groups excluding carboxylic acids is 1. The van der Waals surface area contributed by atoms with E-state index in [1.54, 1.807) is 20.0 Å². The van der Waals surface area contributed by atoms with Crippen LogP contribution in [0.1, 0.15) is 35.3 Å². The van der Waals surface area contributed by atoms with Gasteiger partial charge < -0.3 is 14.2 Å². The molecule has 1 aliphatic rings. The lowest BCUT2D eigenvalue weighted by molar-refractivity contribution is -0.137. The molecule has 1 aromatic heterocycles. The van der Waals surface area contributed by atoms with Gasteiger partial charge in [0.15, 0.2) is 0 Å². The van der Waals surface area contributed by atoms with Crippen LogP contribution < -0.4 is 0 Å². The molecule has 0 bridgehead atoms. The number of aromatic nitrogens is 2. The second kappa shape index (κ2) is 9.49. The molecule has 0 amide bonds. The van der Waals surface area contributed by atoms with Crippen molar-refractivity contribution in [3.63, 3.8) is 0 Å². The van der Waals surface area contributed by atoms with Crippen molar-refractivity contribution in [1.82, 2.24) is 9.78 Å². The quantitative estimate of drug-likeness (QED) is 0.558. The van der Waals surface area contributed by atoms with Crippen LogP contribution in [-0.2, 0) is 33.4 Å². The summed E-state index contributed by atoms with van der Waals surface area (Å²) in [6, 6.07) is 2.64. The van der Waals surface area contributed by atoms with E-state index in [0.717, 1.165) is 0 Å². The number of hydrogen-bond donors (Lipinski definition) is 0. The van der Waals surface area contributed by atoms with Gasteiger partial charge in [0.1, 0.15) is 11.8 Å². The predicted octanol–water partition coefficient (Wildman–Crippen LogP) is 4.49. The van der Waals surface area contributed by atoms with Crippen LogP contribution in [0.2, 0.25) is 0 Å². The molecule has 0 N–H and O–H groups in total. The molecular weight excluding hydrogens is 469 g/mol. The van der Waals surface area contributed by atoms with Crippen molar-refractivity contribution in [3.05, 3.63) is 39.5 Å². The second-order valence-corrected chi connectivity index (χ2v) is 7.56. The van der Waals surface area contributed by atoms with E-state index in [-0.39, 0.29) is 41.5 Å². The number of alkyl halides is 3. The monoisotopic (exact) mass is 490 g/mol. The average Bonchev–Trinajstić information content (AvgIpc) is 3.06. The third-order valence-corrected chi connectivity index (χ3v) is 5.27. The van der Waals surface area contributed by atoms with Gasteiger partial charge >= 0.3 is 12.1 Å².